The van der Waals surface area contributed by atoms with Crippen molar-refractivity contribution >= 4 is 16.8 Å². The first-order chi connectivity index (χ1) is 12.4. The fourth-order valence-corrected chi connectivity index (χ4v) is 2.61. The number of rotatable bonds is 5. The summed E-state index contributed by atoms with van der Waals surface area (Å²) in [4.78, 5) is 11.9. The molecule has 0 unspecified atom stereocenters. The van der Waals surface area contributed by atoms with Gasteiger partial charge >= 0.3 is 12.2 Å². The van der Waals surface area contributed by atoms with Crippen LogP contribution in [0.2, 0.25) is 0 Å². The van der Waals surface area contributed by atoms with E-state index in [-0.39, 0.29) is 19.1 Å². The number of benzene rings is 2. The highest BCUT2D eigenvalue weighted by Gasteiger charge is 2.33. The Hall–Kier alpha value is -3.03. The molecular weight excluding hydrogens is 345 g/mol. The normalized spacial score (nSPS) is 11.5. The molecule has 26 heavy (non-hydrogen) atoms. The maximum atomic E-state index is 12.5. The Morgan fingerprint density at radius 1 is 1.04 bits per heavy atom. The van der Waals surface area contributed by atoms with Gasteiger partial charge in [0.25, 0.3) is 0 Å². The maximum Gasteiger partial charge on any atom is 0.435 e. The number of amides is 2. The van der Waals surface area contributed by atoms with Crippen molar-refractivity contribution in [2.45, 2.75) is 19.3 Å². The van der Waals surface area contributed by atoms with E-state index in [4.69, 9.17) is 0 Å². The summed E-state index contributed by atoms with van der Waals surface area (Å²) in [5.74, 6) is 0. The number of urea groups is 1. The number of hydrogen-bond acceptors (Lipinski definition) is 2. The van der Waals surface area contributed by atoms with Crippen molar-refractivity contribution in [3.05, 3.63) is 66.0 Å². The Labute approximate surface area is 147 Å². The molecule has 8 heteroatoms. The Kier molecular flexibility index (Phi) is 5.11. The highest BCUT2D eigenvalue weighted by molar-refractivity contribution is 5.86. The molecule has 0 saturated heterocycles. The van der Waals surface area contributed by atoms with Gasteiger partial charge in [-0.15, -0.1) is 0 Å². The van der Waals surface area contributed by atoms with Crippen LogP contribution < -0.4 is 10.6 Å². The molecule has 3 rings (SSSR count). The number of halogens is 3. The van der Waals surface area contributed by atoms with E-state index in [1.54, 1.807) is 0 Å². The molecule has 0 saturated carbocycles. The van der Waals surface area contributed by atoms with E-state index in [9.17, 15) is 18.0 Å². The van der Waals surface area contributed by atoms with Gasteiger partial charge in [-0.25, -0.2) is 4.79 Å². The van der Waals surface area contributed by atoms with E-state index >= 15 is 0 Å². The Morgan fingerprint density at radius 3 is 2.58 bits per heavy atom. The Morgan fingerprint density at radius 2 is 1.81 bits per heavy atom. The van der Waals surface area contributed by atoms with E-state index in [0.29, 0.717) is 6.54 Å². The summed E-state index contributed by atoms with van der Waals surface area (Å²) in [5.41, 5.74) is 0.0399. The van der Waals surface area contributed by atoms with Gasteiger partial charge in [0, 0.05) is 19.3 Å². The summed E-state index contributed by atoms with van der Waals surface area (Å²) in [6.07, 6.45) is -3.23. The molecular formula is C18H17F3N4O. The average Bonchev–Trinajstić information content (AvgIpc) is 3.09. The quantitative estimate of drug-likeness (QED) is 0.729. The number of aromatic nitrogens is 2. The van der Waals surface area contributed by atoms with Gasteiger partial charge in [-0.1, -0.05) is 42.5 Å². The third-order valence-corrected chi connectivity index (χ3v) is 3.88. The minimum Gasteiger partial charge on any atom is -0.336 e. The van der Waals surface area contributed by atoms with Crippen LogP contribution in [0, 0.1) is 0 Å². The van der Waals surface area contributed by atoms with Crippen LogP contribution in [0.15, 0.2) is 54.7 Å². The van der Waals surface area contributed by atoms with Crippen molar-refractivity contribution in [2.75, 3.05) is 6.54 Å². The molecule has 0 aliphatic carbocycles. The molecule has 2 N–H and O–H groups in total. The van der Waals surface area contributed by atoms with Crippen molar-refractivity contribution < 1.29 is 18.0 Å². The van der Waals surface area contributed by atoms with Crippen molar-refractivity contribution in [3.63, 3.8) is 0 Å². The lowest BCUT2D eigenvalue weighted by molar-refractivity contribution is -0.141. The Balaban J connectivity index is 1.48. The molecule has 2 amide bonds. The molecule has 0 aliphatic heterocycles. The fraction of sp³-hybridized carbons (Fsp3) is 0.222. The number of fused-ring (bicyclic) bond motifs is 1. The largest absolute Gasteiger partial charge is 0.435 e. The highest BCUT2D eigenvalue weighted by atomic mass is 19.4. The molecule has 0 fully saturated rings. The van der Waals surface area contributed by atoms with Crippen LogP contribution >= 0.6 is 0 Å². The van der Waals surface area contributed by atoms with Gasteiger partial charge in [-0.3, -0.25) is 4.68 Å². The van der Waals surface area contributed by atoms with Crippen molar-refractivity contribution in [1.29, 1.82) is 0 Å². The van der Waals surface area contributed by atoms with Crippen LogP contribution in [-0.2, 0) is 19.3 Å². The monoisotopic (exact) mass is 362 g/mol. The van der Waals surface area contributed by atoms with Crippen LogP contribution in [0.25, 0.3) is 10.8 Å². The molecule has 1 aromatic heterocycles. The van der Waals surface area contributed by atoms with Crippen LogP contribution in [0.5, 0.6) is 0 Å². The van der Waals surface area contributed by atoms with Crippen LogP contribution in [0.3, 0.4) is 0 Å². The summed E-state index contributed by atoms with van der Waals surface area (Å²) < 4.78 is 38.6. The number of carbonyl (C=O) groups excluding carboxylic acids is 1. The van der Waals surface area contributed by atoms with Gasteiger partial charge in [0.15, 0.2) is 5.69 Å². The standard InChI is InChI=1S/C18H17F3N4O/c19-18(20,21)16-8-10-25(24-16)11-9-22-17(26)23-12-14-6-3-5-13-4-1-2-7-15(13)14/h1-8,10H,9,11-12H2,(H2,22,23,26). The van der Waals surface area contributed by atoms with E-state index in [0.717, 1.165) is 27.1 Å². The van der Waals surface area contributed by atoms with Gasteiger partial charge in [0.1, 0.15) is 0 Å². The number of nitrogens with zero attached hydrogens (tertiary/aromatic N) is 2. The maximum absolute atomic E-state index is 12.5. The van der Waals surface area contributed by atoms with Gasteiger partial charge in [0.2, 0.25) is 0 Å². The molecule has 0 bridgehead atoms. The summed E-state index contributed by atoms with van der Waals surface area (Å²) in [5, 5.41) is 10.9. The number of carbonyl (C=O) groups is 1. The number of hydrogen-bond donors (Lipinski definition) is 2. The lowest BCUT2D eigenvalue weighted by Crippen LogP contribution is -2.36. The van der Waals surface area contributed by atoms with Crippen molar-refractivity contribution in [3.8, 4) is 0 Å². The lowest BCUT2D eigenvalue weighted by Gasteiger charge is -2.10. The van der Waals surface area contributed by atoms with E-state index < -0.39 is 11.9 Å². The van der Waals surface area contributed by atoms with Gasteiger partial charge in [-0.2, -0.15) is 18.3 Å². The molecule has 0 atom stereocenters. The topological polar surface area (TPSA) is 59.0 Å². The zero-order valence-corrected chi connectivity index (χ0v) is 13.8. The zero-order valence-electron chi connectivity index (χ0n) is 13.8. The Bertz CT molecular complexity index is 899. The van der Waals surface area contributed by atoms with Gasteiger partial charge in [0.05, 0.1) is 6.54 Å². The molecule has 1 heterocycles. The van der Waals surface area contributed by atoms with E-state index in [1.165, 1.54) is 6.20 Å². The van der Waals surface area contributed by atoms with Crippen LogP contribution in [0.1, 0.15) is 11.3 Å². The predicted molar refractivity (Wildman–Crippen MR) is 91.4 cm³/mol. The molecule has 0 aliphatic rings. The van der Waals surface area contributed by atoms with Crippen LogP contribution in [-0.4, -0.2) is 22.4 Å². The molecule has 136 valence electrons. The van der Waals surface area contributed by atoms with Crippen molar-refractivity contribution in [2.24, 2.45) is 0 Å². The molecule has 2 aromatic carbocycles. The predicted octanol–water partition coefficient (Wildman–Crippen LogP) is 3.55. The number of nitrogens with one attached hydrogen (secondary N) is 2. The SMILES string of the molecule is O=C(NCCn1ccc(C(F)(F)F)n1)NCc1cccc2ccccc12. The lowest BCUT2D eigenvalue weighted by atomic mass is 10.0. The van der Waals surface area contributed by atoms with E-state index in [2.05, 4.69) is 15.7 Å². The van der Waals surface area contributed by atoms with Crippen LogP contribution in [0.4, 0.5) is 18.0 Å². The summed E-state index contributed by atoms with van der Waals surface area (Å²) in [7, 11) is 0. The molecule has 3 aromatic rings. The first kappa shape index (κ1) is 17.8. The van der Waals surface area contributed by atoms with Crippen molar-refractivity contribution in [1.82, 2.24) is 20.4 Å². The summed E-state index contributed by atoms with van der Waals surface area (Å²) in [6.45, 7) is 0.672. The first-order valence-electron chi connectivity index (χ1n) is 8.02. The summed E-state index contributed by atoms with van der Waals surface area (Å²) in [6, 6.07) is 14.2. The number of alkyl halides is 3. The second-order valence-corrected chi connectivity index (χ2v) is 5.71. The minimum absolute atomic E-state index is 0.151. The summed E-state index contributed by atoms with van der Waals surface area (Å²) >= 11 is 0. The second-order valence-electron chi connectivity index (χ2n) is 5.71. The smallest absolute Gasteiger partial charge is 0.336 e. The molecule has 0 radical (unpaired) electrons. The second kappa shape index (κ2) is 7.47. The first-order valence-corrected chi connectivity index (χ1v) is 8.02. The van der Waals surface area contributed by atoms with Gasteiger partial charge in [-0.05, 0) is 22.4 Å². The average molecular weight is 362 g/mol. The third kappa shape index (κ3) is 4.33. The molecule has 5 nitrogen and oxygen atoms in total. The third-order valence-electron chi connectivity index (χ3n) is 3.88. The fourth-order valence-electron chi connectivity index (χ4n) is 2.61. The molecule has 0 spiro atoms. The van der Waals surface area contributed by atoms with E-state index in [1.807, 2.05) is 42.5 Å². The highest BCUT2D eigenvalue weighted by Crippen LogP contribution is 2.27. The van der Waals surface area contributed by atoms with Gasteiger partial charge < -0.3 is 10.6 Å². The minimum atomic E-state index is -4.46. The zero-order chi connectivity index (χ0) is 18.6.